The van der Waals surface area contributed by atoms with Crippen LogP contribution >= 0.6 is 11.3 Å². The lowest BCUT2D eigenvalue weighted by Gasteiger charge is -2.08. The van der Waals surface area contributed by atoms with E-state index in [1.54, 1.807) is 16.7 Å². The SMILES string of the molecule is c1cc2c(o1)CCCC2.c1cc2c(s1)CCCC2. The summed E-state index contributed by atoms with van der Waals surface area (Å²) in [5.41, 5.74) is 3.05. The second kappa shape index (κ2) is 5.75. The average molecular weight is 260 g/mol. The van der Waals surface area contributed by atoms with Crippen molar-refractivity contribution < 1.29 is 4.42 Å². The number of furan rings is 1. The van der Waals surface area contributed by atoms with Crippen molar-refractivity contribution >= 4 is 11.3 Å². The molecule has 4 rings (SSSR count). The van der Waals surface area contributed by atoms with Gasteiger partial charge in [0.05, 0.1) is 6.26 Å². The van der Waals surface area contributed by atoms with Gasteiger partial charge in [0.15, 0.2) is 0 Å². The molecule has 0 unspecified atom stereocenters. The van der Waals surface area contributed by atoms with E-state index in [4.69, 9.17) is 4.42 Å². The highest BCUT2D eigenvalue weighted by Gasteiger charge is 2.10. The fourth-order valence-electron chi connectivity index (χ4n) is 2.82. The summed E-state index contributed by atoms with van der Waals surface area (Å²) in [7, 11) is 0. The Labute approximate surface area is 113 Å². The Kier molecular flexibility index (Phi) is 3.84. The molecule has 0 bridgehead atoms. The molecule has 0 radical (unpaired) electrons. The first-order chi connectivity index (χ1) is 8.93. The van der Waals surface area contributed by atoms with Crippen molar-refractivity contribution in [3.63, 3.8) is 0 Å². The molecule has 0 saturated carbocycles. The largest absolute Gasteiger partial charge is 0.469 e. The summed E-state index contributed by atoms with van der Waals surface area (Å²) in [5.74, 6) is 1.22. The first-order valence-corrected chi connectivity index (χ1v) is 7.92. The van der Waals surface area contributed by atoms with Gasteiger partial charge < -0.3 is 4.42 Å². The van der Waals surface area contributed by atoms with Crippen LogP contribution in [0.25, 0.3) is 0 Å². The number of aryl methyl sites for hydroxylation is 4. The van der Waals surface area contributed by atoms with E-state index in [1.165, 1.54) is 56.3 Å². The summed E-state index contributed by atoms with van der Waals surface area (Å²) < 4.78 is 5.26. The first kappa shape index (κ1) is 12.0. The third-order valence-corrected chi connectivity index (χ3v) is 4.90. The summed E-state index contributed by atoms with van der Waals surface area (Å²) in [6.07, 6.45) is 12.3. The molecule has 0 spiro atoms. The van der Waals surface area contributed by atoms with Gasteiger partial charge in [0, 0.05) is 11.3 Å². The molecule has 2 aliphatic carbocycles. The first-order valence-electron chi connectivity index (χ1n) is 7.04. The van der Waals surface area contributed by atoms with Gasteiger partial charge in [0.1, 0.15) is 5.76 Å². The molecule has 0 aliphatic heterocycles. The maximum Gasteiger partial charge on any atom is 0.106 e. The fraction of sp³-hybridized carbons (Fsp3) is 0.500. The fourth-order valence-corrected chi connectivity index (χ4v) is 3.80. The van der Waals surface area contributed by atoms with Crippen LogP contribution in [0, 0.1) is 0 Å². The van der Waals surface area contributed by atoms with Crippen molar-refractivity contribution in [1.29, 1.82) is 0 Å². The molecule has 2 aliphatic rings. The number of fused-ring (bicyclic) bond motifs is 2. The van der Waals surface area contributed by atoms with Gasteiger partial charge in [-0.15, -0.1) is 11.3 Å². The minimum atomic E-state index is 1.16. The Morgan fingerprint density at radius 3 is 2.44 bits per heavy atom. The van der Waals surface area contributed by atoms with Crippen molar-refractivity contribution in [3.05, 3.63) is 45.5 Å². The van der Waals surface area contributed by atoms with Crippen molar-refractivity contribution in [1.82, 2.24) is 0 Å². The molecule has 1 nitrogen and oxygen atoms in total. The van der Waals surface area contributed by atoms with E-state index < -0.39 is 0 Å². The molecule has 0 N–H and O–H groups in total. The van der Waals surface area contributed by atoms with Crippen molar-refractivity contribution in [2.24, 2.45) is 0 Å². The van der Waals surface area contributed by atoms with Gasteiger partial charge in [0.2, 0.25) is 0 Å². The van der Waals surface area contributed by atoms with Crippen LogP contribution in [0.15, 0.2) is 28.2 Å². The van der Waals surface area contributed by atoms with Gasteiger partial charge in [-0.05, 0) is 73.6 Å². The summed E-state index contributed by atoms with van der Waals surface area (Å²) in [5, 5.41) is 2.22. The molecule has 2 heteroatoms. The number of rotatable bonds is 0. The zero-order valence-corrected chi connectivity index (χ0v) is 11.6. The lowest BCUT2D eigenvalue weighted by atomic mass is 9.99. The zero-order valence-electron chi connectivity index (χ0n) is 10.8. The van der Waals surface area contributed by atoms with Gasteiger partial charge in [0.25, 0.3) is 0 Å². The summed E-state index contributed by atoms with van der Waals surface area (Å²) in [6.45, 7) is 0. The van der Waals surface area contributed by atoms with Gasteiger partial charge in [-0.2, -0.15) is 0 Å². The van der Waals surface area contributed by atoms with E-state index in [1.807, 2.05) is 11.3 Å². The third kappa shape index (κ3) is 2.69. The van der Waals surface area contributed by atoms with Gasteiger partial charge in [-0.25, -0.2) is 0 Å². The molecule has 96 valence electrons. The molecule has 0 aromatic carbocycles. The maximum atomic E-state index is 5.26. The lowest BCUT2D eigenvalue weighted by Crippen LogP contribution is -1.97. The average Bonchev–Trinajstić information content (AvgIpc) is 3.08. The van der Waals surface area contributed by atoms with Crippen LogP contribution in [0.4, 0.5) is 0 Å². The highest BCUT2D eigenvalue weighted by atomic mass is 32.1. The van der Waals surface area contributed by atoms with E-state index >= 15 is 0 Å². The monoisotopic (exact) mass is 260 g/mol. The normalized spacial score (nSPS) is 17.3. The van der Waals surface area contributed by atoms with E-state index in [9.17, 15) is 0 Å². The second-order valence-electron chi connectivity index (χ2n) is 5.15. The Hall–Kier alpha value is -1.02. The van der Waals surface area contributed by atoms with Crippen LogP contribution in [0.5, 0.6) is 0 Å². The molecule has 18 heavy (non-hydrogen) atoms. The zero-order chi connectivity index (χ0) is 12.2. The highest BCUT2D eigenvalue weighted by Crippen LogP contribution is 2.25. The molecule has 2 heterocycles. The quantitative estimate of drug-likeness (QED) is 0.664. The van der Waals surface area contributed by atoms with Crippen LogP contribution in [0.2, 0.25) is 0 Å². The molecular weight excluding hydrogens is 240 g/mol. The summed E-state index contributed by atoms with van der Waals surface area (Å²) >= 11 is 1.93. The maximum absolute atomic E-state index is 5.26. The molecule has 0 amide bonds. The Balaban J connectivity index is 0.000000111. The summed E-state index contributed by atoms with van der Waals surface area (Å²) in [4.78, 5) is 1.64. The van der Waals surface area contributed by atoms with E-state index in [2.05, 4.69) is 17.5 Å². The van der Waals surface area contributed by atoms with Gasteiger partial charge in [-0.1, -0.05) is 0 Å². The standard InChI is InChI=1S/C8H10O.C8H10S/c2*1-2-4-8-7(3-1)5-6-9-8/h2*5-6H,1-4H2. The van der Waals surface area contributed by atoms with Crippen LogP contribution in [-0.4, -0.2) is 0 Å². The van der Waals surface area contributed by atoms with Crippen LogP contribution in [-0.2, 0) is 25.7 Å². The Morgan fingerprint density at radius 1 is 0.833 bits per heavy atom. The van der Waals surface area contributed by atoms with Gasteiger partial charge in [-0.3, -0.25) is 0 Å². The minimum Gasteiger partial charge on any atom is -0.469 e. The Bertz CT molecular complexity index is 407. The molecule has 0 saturated heterocycles. The van der Waals surface area contributed by atoms with Crippen LogP contribution in [0.3, 0.4) is 0 Å². The third-order valence-electron chi connectivity index (χ3n) is 3.88. The minimum absolute atomic E-state index is 1.16. The predicted octanol–water partition coefficient (Wildman–Crippen LogP) is 4.79. The van der Waals surface area contributed by atoms with Crippen LogP contribution in [0.1, 0.15) is 47.4 Å². The number of hydrogen-bond donors (Lipinski definition) is 0. The summed E-state index contributed by atoms with van der Waals surface area (Å²) in [6, 6.07) is 4.37. The lowest BCUT2D eigenvalue weighted by molar-refractivity contribution is 0.478. The molecular formula is C16H20OS. The van der Waals surface area contributed by atoms with Crippen molar-refractivity contribution in [2.45, 2.75) is 51.4 Å². The topological polar surface area (TPSA) is 13.1 Å². The van der Waals surface area contributed by atoms with Crippen molar-refractivity contribution in [3.8, 4) is 0 Å². The number of thiophene rings is 1. The smallest absolute Gasteiger partial charge is 0.106 e. The molecule has 2 aromatic heterocycles. The van der Waals surface area contributed by atoms with E-state index in [0.717, 1.165) is 6.42 Å². The van der Waals surface area contributed by atoms with Crippen molar-refractivity contribution in [2.75, 3.05) is 0 Å². The van der Waals surface area contributed by atoms with E-state index in [0.29, 0.717) is 0 Å². The predicted molar refractivity (Wildman–Crippen MR) is 76.3 cm³/mol. The van der Waals surface area contributed by atoms with E-state index in [-0.39, 0.29) is 0 Å². The molecule has 2 aromatic rings. The van der Waals surface area contributed by atoms with Crippen LogP contribution < -0.4 is 0 Å². The molecule has 0 fully saturated rings. The highest BCUT2D eigenvalue weighted by molar-refractivity contribution is 7.10. The van der Waals surface area contributed by atoms with Gasteiger partial charge >= 0.3 is 0 Å². The molecule has 0 atom stereocenters. The Morgan fingerprint density at radius 2 is 1.61 bits per heavy atom. The second-order valence-corrected chi connectivity index (χ2v) is 6.15. The number of hydrogen-bond acceptors (Lipinski definition) is 2.